The van der Waals surface area contributed by atoms with E-state index in [-0.39, 0.29) is 16.1 Å². The van der Waals surface area contributed by atoms with E-state index in [1.54, 1.807) is 0 Å². The normalized spacial score (nSPS) is 11.3. The molecule has 0 saturated heterocycles. The zero-order chi connectivity index (χ0) is 14.3. The van der Waals surface area contributed by atoms with Crippen LogP contribution < -0.4 is 0 Å². The summed E-state index contributed by atoms with van der Waals surface area (Å²) >= 11 is 0.865. The Labute approximate surface area is 114 Å². The van der Waals surface area contributed by atoms with Crippen molar-refractivity contribution in [2.75, 3.05) is 0 Å². The minimum atomic E-state index is -2.80. The first-order chi connectivity index (χ1) is 9.58. The standard InChI is InChI=1S/C11H6F2N4O2S/c12-9(13)8-5-3-6(11(18)19)20-10(5)17(16-8)7-4-14-1-2-15-7/h1-4,9H,(H,18,19). The van der Waals surface area contributed by atoms with Crippen LogP contribution >= 0.6 is 11.3 Å². The van der Waals surface area contributed by atoms with Gasteiger partial charge in [0.15, 0.2) is 5.82 Å². The summed E-state index contributed by atoms with van der Waals surface area (Å²) in [5, 5.41) is 12.9. The first kappa shape index (κ1) is 12.6. The van der Waals surface area contributed by atoms with Crippen LogP contribution in [0.15, 0.2) is 24.7 Å². The molecular formula is C11H6F2N4O2S. The van der Waals surface area contributed by atoms with Crippen LogP contribution in [0, 0.1) is 0 Å². The van der Waals surface area contributed by atoms with E-state index in [0.717, 1.165) is 11.3 Å². The summed E-state index contributed by atoms with van der Waals surface area (Å²) < 4.78 is 27.1. The molecule has 102 valence electrons. The Morgan fingerprint density at radius 1 is 1.40 bits per heavy atom. The van der Waals surface area contributed by atoms with E-state index in [1.165, 1.54) is 29.3 Å². The molecule has 0 aliphatic rings. The van der Waals surface area contributed by atoms with Crippen molar-refractivity contribution < 1.29 is 18.7 Å². The lowest BCUT2D eigenvalue weighted by Crippen LogP contribution is -2.00. The van der Waals surface area contributed by atoms with Gasteiger partial charge >= 0.3 is 5.97 Å². The van der Waals surface area contributed by atoms with E-state index in [2.05, 4.69) is 15.1 Å². The fourth-order valence-electron chi connectivity index (χ4n) is 1.75. The van der Waals surface area contributed by atoms with Gasteiger partial charge in [-0.15, -0.1) is 11.3 Å². The fourth-order valence-corrected chi connectivity index (χ4v) is 2.72. The van der Waals surface area contributed by atoms with E-state index in [4.69, 9.17) is 5.11 Å². The molecule has 3 aromatic rings. The van der Waals surface area contributed by atoms with Crippen LogP contribution in [-0.4, -0.2) is 30.8 Å². The minimum Gasteiger partial charge on any atom is -0.477 e. The fraction of sp³-hybridized carbons (Fsp3) is 0.0909. The van der Waals surface area contributed by atoms with E-state index in [0.29, 0.717) is 4.83 Å². The van der Waals surface area contributed by atoms with Gasteiger partial charge in [0, 0.05) is 17.8 Å². The lowest BCUT2D eigenvalue weighted by Gasteiger charge is -1.99. The van der Waals surface area contributed by atoms with Crippen LogP contribution in [0.4, 0.5) is 8.78 Å². The monoisotopic (exact) mass is 296 g/mol. The molecule has 0 aliphatic heterocycles. The molecule has 0 fully saturated rings. The van der Waals surface area contributed by atoms with Crippen LogP contribution in [0.3, 0.4) is 0 Å². The Balaban J connectivity index is 2.29. The molecule has 20 heavy (non-hydrogen) atoms. The second kappa shape index (κ2) is 4.60. The number of carboxylic acid groups (broad SMARTS) is 1. The molecule has 0 saturated carbocycles. The number of fused-ring (bicyclic) bond motifs is 1. The van der Waals surface area contributed by atoms with Gasteiger partial charge in [-0.1, -0.05) is 0 Å². The van der Waals surface area contributed by atoms with Crippen molar-refractivity contribution in [1.82, 2.24) is 19.7 Å². The second-order valence-electron chi connectivity index (χ2n) is 3.80. The Kier molecular flexibility index (Phi) is 2.90. The zero-order valence-corrected chi connectivity index (χ0v) is 10.5. The number of hydrogen-bond acceptors (Lipinski definition) is 5. The highest BCUT2D eigenvalue weighted by Gasteiger charge is 2.23. The number of thiophene rings is 1. The number of nitrogens with zero attached hydrogens (tertiary/aromatic N) is 4. The number of alkyl halides is 2. The van der Waals surface area contributed by atoms with E-state index in [1.807, 2.05) is 0 Å². The lowest BCUT2D eigenvalue weighted by molar-refractivity contribution is 0.0702. The molecule has 0 atom stereocenters. The smallest absolute Gasteiger partial charge is 0.345 e. The van der Waals surface area contributed by atoms with Crippen LogP contribution in [0.5, 0.6) is 0 Å². The topological polar surface area (TPSA) is 80.9 Å². The molecule has 0 spiro atoms. The predicted octanol–water partition coefficient (Wildman–Crippen LogP) is 2.51. The van der Waals surface area contributed by atoms with Crippen LogP contribution in [-0.2, 0) is 0 Å². The summed E-state index contributed by atoms with van der Waals surface area (Å²) in [6.45, 7) is 0. The molecular weight excluding hydrogens is 290 g/mol. The maximum Gasteiger partial charge on any atom is 0.345 e. The number of carbonyl (C=O) groups is 1. The third-order valence-electron chi connectivity index (χ3n) is 2.57. The largest absolute Gasteiger partial charge is 0.477 e. The number of aromatic nitrogens is 4. The van der Waals surface area contributed by atoms with E-state index in [9.17, 15) is 13.6 Å². The van der Waals surface area contributed by atoms with Gasteiger partial charge in [-0.3, -0.25) is 4.98 Å². The summed E-state index contributed by atoms with van der Waals surface area (Å²) in [7, 11) is 0. The van der Waals surface area contributed by atoms with Crippen LogP contribution in [0.2, 0.25) is 0 Å². The molecule has 3 heterocycles. The van der Waals surface area contributed by atoms with Crippen molar-refractivity contribution in [3.05, 3.63) is 35.2 Å². The van der Waals surface area contributed by atoms with Gasteiger partial charge in [0.1, 0.15) is 15.4 Å². The highest BCUT2D eigenvalue weighted by atomic mass is 32.1. The van der Waals surface area contributed by atoms with E-state index < -0.39 is 18.1 Å². The van der Waals surface area contributed by atoms with Crippen molar-refractivity contribution in [1.29, 1.82) is 0 Å². The number of halogens is 2. The summed E-state index contributed by atoms with van der Waals surface area (Å²) in [4.78, 5) is 19.1. The van der Waals surface area contributed by atoms with Crippen molar-refractivity contribution in [2.24, 2.45) is 0 Å². The molecule has 0 aromatic carbocycles. The molecule has 0 radical (unpaired) electrons. The molecule has 0 unspecified atom stereocenters. The average Bonchev–Trinajstić information content (AvgIpc) is 2.97. The number of hydrogen-bond donors (Lipinski definition) is 1. The average molecular weight is 296 g/mol. The second-order valence-corrected chi connectivity index (χ2v) is 4.83. The maximum atomic E-state index is 13.0. The number of carboxylic acids is 1. The minimum absolute atomic E-state index is 0.0306. The Morgan fingerprint density at radius 3 is 2.80 bits per heavy atom. The van der Waals surface area contributed by atoms with Gasteiger partial charge in [0.25, 0.3) is 6.43 Å². The third-order valence-corrected chi connectivity index (χ3v) is 3.67. The summed E-state index contributed by atoms with van der Waals surface area (Å²) in [5.41, 5.74) is -0.464. The van der Waals surface area contributed by atoms with Crippen molar-refractivity contribution >= 4 is 27.5 Å². The molecule has 3 rings (SSSR count). The van der Waals surface area contributed by atoms with Gasteiger partial charge in [0.2, 0.25) is 0 Å². The zero-order valence-electron chi connectivity index (χ0n) is 9.70. The van der Waals surface area contributed by atoms with Crippen molar-refractivity contribution in [3.8, 4) is 5.82 Å². The highest BCUT2D eigenvalue weighted by Crippen LogP contribution is 2.34. The van der Waals surface area contributed by atoms with Gasteiger partial charge in [-0.2, -0.15) is 5.10 Å². The van der Waals surface area contributed by atoms with Crippen molar-refractivity contribution in [3.63, 3.8) is 0 Å². The summed E-state index contributed by atoms with van der Waals surface area (Å²) in [6, 6.07) is 1.20. The quantitative estimate of drug-likeness (QED) is 0.803. The van der Waals surface area contributed by atoms with Crippen LogP contribution in [0.1, 0.15) is 21.8 Å². The molecule has 0 bridgehead atoms. The van der Waals surface area contributed by atoms with Gasteiger partial charge in [-0.05, 0) is 6.07 Å². The first-order valence-electron chi connectivity index (χ1n) is 5.38. The molecule has 6 nitrogen and oxygen atoms in total. The first-order valence-corrected chi connectivity index (χ1v) is 6.20. The SMILES string of the molecule is O=C(O)c1cc2c(C(F)F)nn(-c3cnccn3)c2s1. The van der Waals surface area contributed by atoms with Crippen LogP contribution in [0.25, 0.3) is 16.0 Å². The summed E-state index contributed by atoms with van der Waals surface area (Å²) in [6.07, 6.45) is 1.40. The third kappa shape index (κ3) is 1.92. The molecule has 9 heteroatoms. The number of aromatic carboxylic acids is 1. The Hall–Kier alpha value is -2.42. The lowest BCUT2D eigenvalue weighted by atomic mass is 10.3. The predicted molar refractivity (Wildman–Crippen MR) is 66.5 cm³/mol. The highest BCUT2D eigenvalue weighted by molar-refractivity contribution is 7.20. The van der Waals surface area contributed by atoms with Gasteiger partial charge in [-0.25, -0.2) is 23.2 Å². The number of rotatable bonds is 3. The molecule has 0 amide bonds. The van der Waals surface area contributed by atoms with Crippen molar-refractivity contribution in [2.45, 2.75) is 6.43 Å². The molecule has 3 aromatic heterocycles. The molecule has 0 aliphatic carbocycles. The Morgan fingerprint density at radius 2 is 2.20 bits per heavy atom. The van der Waals surface area contributed by atoms with Gasteiger partial charge in [0.05, 0.1) is 6.20 Å². The van der Waals surface area contributed by atoms with E-state index >= 15 is 0 Å². The van der Waals surface area contributed by atoms with Gasteiger partial charge < -0.3 is 5.11 Å². The Bertz CT molecular complexity index is 784. The molecule has 1 N–H and O–H groups in total. The maximum absolute atomic E-state index is 13.0. The summed E-state index contributed by atoms with van der Waals surface area (Å²) in [5.74, 6) is -0.916.